The van der Waals surface area contributed by atoms with Crippen LogP contribution in [-0.2, 0) is 11.3 Å². The number of hydrogen-bond donors (Lipinski definition) is 1. The molecule has 0 aliphatic rings. The summed E-state index contributed by atoms with van der Waals surface area (Å²) in [5.74, 6) is 1.44. The molecule has 0 aliphatic carbocycles. The second kappa shape index (κ2) is 9.03. The van der Waals surface area contributed by atoms with Gasteiger partial charge in [-0.25, -0.2) is 4.68 Å². The average molecular weight is 359 g/mol. The molecule has 0 atom stereocenters. The topological polar surface area (TPSA) is 82.5 Å². The van der Waals surface area contributed by atoms with E-state index in [2.05, 4.69) is 24.3 Å². The molecule has 2 aromatic rings. The zero-order valence-corrected chi connectivity index (χ0v) is 15.6. The predicted molar refractivity (Wildman–Crippen MR) is 99.5 cm³/mol. The summed E-state index contributed by atoms with van der Waals surface area (Å²) in [5.41, 5.74) is 1.00. The fourth-order valence-electron chi connectivity index (χ4n) is 2.40. The lowest BCUT2D eigenvalue weighted by Gasteiger charge is -2.11. The summed E-state index contributed by atoms with van der Waals surface area (Å²) in [4.78, 5) is 24.1. The van der Waals surface area contributed by atoms with Crippen LogP contribution in [0.5, 0.6) is 11.5 Å². The van der Waals surface area contributed by atoms with Crippen LogP contribution in [0.4, 0.5) is 0 Å². The summed E-state index contributed by atoms with van der Waals surface area (Å²) in [6.45, 7) is 4.65. The molecule has 0 saturated carbocycles. The van der Waals surface area contributed by atoms with Crippen LogP contribution in [0.2, 0.25) is 0 Å². The zero-order valence-electron chi connectivity index (χ0n) is 15.6. The Bertz CT molecular complexity index is 815. The van der Waals surface area contributed by atoms with E-state index in [9.17, 15) is 9.59 Å². The maximum atomic E-state index is 12.0. The van der Waals surface area contributed by atoms with Crippen molar-refractivity contribution in [2.75, 3.05) is 20.8 Å². The van der Waals surface area contributed by atoms with Crippen molar-refractivity contribution in [3.8, 4) is 22.8 Å². The molecule has 140 valence electrons. The summed E-state index contributed by atoms with van der Waals surface area (Å²) in [6, 6.07) is 8.39. The minimum Gasteiger partial charge on any atom is -0.493 e. The number of amides is 1. The molecule has 1 aromatic heterocycles. The van der Waals surface area contributed by atoms with Crippen LogP contribution in [0.15, 0.2) is 35.1 Å². The molecule has 1 amide bonds. The van der Waals surface area contributed by atoms with Gasteiger partial charge in [0.05, 0.1) is 19.9 Å². The Morgan fingerprint density at radius 2 is 1.88 bits per heavy atom. The first kappa shape index (κ1) is 19.5. The molecule has 0 unspecified atom stereocenters. The zero-order chi connectivity index (χ0) is 19.1. The highest BCUT2D eigenvalue weighted by Crippen LogP contribution is 2.31. The highest BCUT2D eigenvalue weighted by molar-refractivity contribution is 5.75. The number of aromatic nitrogens is 2. The summed E-state index contributed by atoms with van der Waals surface area (Å²) in [6.07, 6.45) is 0.889. The second-order valence-corrected chi connectivity index (χ2v) is 6.32. The molecular weight excluding hydrogens is 334 g/mol. The molecule has 0 radical (unpaired) electrons. The minimum atomic E-state index is -0.326. The highest BCUT2D eigenvalue weighted by Gasteiger charge is 2.10. The van der Waals surface area contributed by atoms with Crippen molar-refractivity contribution in [2.45, 2.75) is 26.8 Å². The van der Waals surface area contributed by atoms with Crippen LogP contribution in [0.1, 0.15) is 20.3 Å². The third kappa shape index (κ3) is 5.08. The van der Waals surface area contributed by atoms with Gasteiger partial charge in [0.25, 0.3) is 5.56 Å². The highest BCUT2D eigenvalue weighted by atomic mass is 16.5. The molecular formula is C19H25N3O4. The number of rotatable bonds is 8. The van der Waals surface area contributed by atoms with E-state index in [-0.39, 0.29) is 18.0 Å². The summed E-state index contributed by atoms with van der Waals surface area (Å²) >= 11 is 0. The van der Waals surface area contributed by atoms with Gasteiger partial charge >= 0.3 is 0 Å². The number of hydrogen-bond acceptors (Lipinski definition) is 5. The van der Waals surface area contributed by atoms with E-state index in [1.165, 1.54) is 6.07 Å². The van der Waals surface area contributed by atoms with E-state index < -0.39 is 0 Å². The normalized spacial score (nSPS) is 10.7. The van der Waals surface area contributed by atoms with Crippen molar-refractivity contribution in [2.24, 2.45) is 5.92 Å². The molecule has 7 heteroatoms. The lowest BCUT2D eigenvalue weighted by atomic mass is 10.1. The van der Waals surface area contributed by atoms with E-state index in [1.54, 1.807) is 32.4 Å². The molecule has 2 rings (SSSR count). The SMILES string of the molecule is COc1ccc(-c2ccc(=O)n(CC(=O)NCCC(C)C)n2)cc1OC. The Labute approximate surface area is 152 Å². The molecule has 26 heavy (non-hydrogen) atoms. The van der Waals surface area contributed by atoms with E-state index in [0.29, 0.717) is 29.7 Å². The third-order valence-corrected chi connectivity index (χ3v) is 3.88. The Morgan fingerprint density at radius 1 is 1.15 bits per heavy atom. The first-order chi connectivity index (χ1) is 12.4. The van der Waals surface area contributed by atoms with E-state index >= 15 is 0 Å². The van der Waals surface area contributed by atoms with Crippen LogP contribution in [0, 0.1) is 5.92 Å². The first-order valence-electron chi connectivity index (χ1n) is 8.52. The fraction of sp³-hybridized carbons (Fsp3) is 0.421. The largest absolute Gasteiger partial charge is 0.493 e. The van der Waals surface area contributed by atoms with Crippen LogP contribution >= 0.6 is 0 Å². The number of nitrogens with one attached hydrogen (secondary N) is 1. The second-order valence-electron chi connectivity index (χ2n) is 6.32. The lowest BCUT2D eigenvalue weighted by Crippen LogP contribution is -2.34. The summed E-state index contributed by atoms with van der Waals surface area (Å²) in [7, 11) is 3.12. The maximum Gasteiger partial charge on any atom is 0.267 e. The van der Waals surface area contributed by atoms with Crippen molar-refractivity contribution in [3.05, 3.63) is 40.7 Å². The predicted octanol–water partition coefficient (Wildman–Crippen LogP) is 2.09. The fourth-order valence-corrected chi connectivity index (χ4v) is 2.40. The number of benzene rings is 1. The van der Waals surface area contributed by atoms with Gasteiger partial charge in [0, 0.05) is 18.2 Å². The van der Waals surface area contributed by atoms with E-state index in [0.717, 1.165) is 16.7 Å². The number of ether oxygens (including phenoxy) is 2. The van der Waals surface area contributed by atoms with Crippen molar-refractivity contribution in [1.29, 1.82) is 0 Å². The summed E-state index contributed by atoms with van der Waals surface area (Å²) in [5, 5.41) is 7.11. The van der Waals surface area contributed by atoms with Gasteiger partial charge in [-0.05, 0) is 36.6 Å². The Morgan fingerprint density at radius 3 is 2.54 bits per heavy atom. The van der Waals surface area contributed by atoms with Crippen LogP contribution in [0.3, 0.4) is 0 Å². The summed E-state index contributed by atoms with van der Waals surface area (Å²) < 4.78 is 11.7. The molecule has 0 fully saturated rings. The van der Waals surface area contributed by atoms with Crippen molar-refractivity contribution < 1.29 is 14.3 Å². The minimum absolute atomic E-state index is 0.113. The van der Waals surface area contributed by atoms with Crippen molar-refractivity contribution in [1.82, 2.24) is 15.1 Å². The number of methoxy groups -OCH3 is 2. The Hall–Kier alpha value is -2.83. The van der Waals surface area contributed by atoms with Gasteiger partial charge in [-0.2, -0.15) is 5.10 Å². The Kier molecular flexibility index (Phi) is 6.77. The van der Waals surface area contributed by atoms with Gasteiger partial charge in [-0.3, -0.25) is 9.59 Å². The van der Waals surface area contributed by atoms with Crippen molar-refractivity contribution in [3.63, 3.8) is 0 Å². The monoisotopic (exact) mass is 359 g/mol. The van der Waals surface area contributed by atoms with Crippen LogP contribution in [0.25, 0.3) is 11.3 Å². The number of carbonyl (C=O) groups is 1. The smallest absolute Gasteiger partial charge is 0.267 e. The molecule has 1 N–H and O–H groups in total. The van der Waals surface area contributed by atoms with Gasteiger partial charge in [-0.15, -0.1) is 0 Å². The van der Waals surface area contributed by atoms with Crippen LogP contribution < -0.4 is 20.3 Å². The first-order valence-corrected chi connectivity index (χ1v) is 8.52. The number of nitrogens with zero attached hydrogens (tertiary/aromatic N) is 2. The van der Waals surface area contributed by atoms with Crippen LogP contribution in [-0.4, -0.2) is 36.5 Å². The average Bonchev–Trinajstić information content (AvgIpc) is 2.62. The quantitative estimate of drug-likeness (QED) is 0.780. The molecule has 1 aromatic carbocycles. The molecule has 1 heterocycles. The molecule has 7 nitrogen and oxygen atoms in total. The third-order valence-electron chi connectivity index (χ3n) is 3.88. The van der Waals surface area contributed by atoms with Crippen molar-refractivity contribution >= 4 is 5.91 Å². The van der Waals surface area contributed by atoms with Gasteiger partial charge < -0.3 is 14.8 Å². The molecule has 0 bridgehead atoms. The Balaban J connectivity index is 2.19. The van der Waals surface area contributed by atoms with Gasteiger partial charge in [0.15, 0.2) is 11.5 Å². The van der Waals surface area contributed by atoms with E-state index in [4.69, 9.17) is 9.47 Å². The van der Waals surface area contributed by atoms with Gasteiger partial charge in [0.1, 0.15) is 6.54 Å². The number of carbonyl (C=O) groups excluding carboxylic acids is 1. The molecule has 0 saturated heterocycles. The van der Waals surface area contributed by atoms with Gasteiger partial charge in [-0.1, -0.05) is 13.8 Å². The lowest BCUT2D eigenvalue weighted by molar-refractivity contribution is -0.121. The molecule has 0 spiro atoms. The van der Waals surface area contributed by atoms with Gasteiger partial charge in [0.2, 0.25) is 5.91 Å². The molecule has 0 aliphatic heterocycles. The maximum absolute atomic E-state index is 12.0. The standard InChI is InChI=1S/C19H25N3O4/c1-13(2)9-10-20-18(23)12-22-19(24)8-6-15(21-22)14-5-7-16(25-3)17(11-14)26-4/h5-8,11,13H,9-10,12H2,1-4H3,(H,20,23). The van der Waals surface area contributed by atoms with E-state index in [1.807, 2.05) is 6.07 Å².